The Morgan fingerprint density at radius 2 is 1.49 bits per heavy atom. The van der Waals surface area contributed by atoms with Gasteiger partial charge in [0.1, 0.15) is 35.6 Å². The van der Waals surface area contributed by atoms with Gasteiger partial charge in [0.15, 0.2) is 5.75 Å². The first kappa shape index (κ1) is 36.7. The van der Waals surface area contributed by atoms with E-state index < -0.39 is 29.7 Å². The molecule has 4 aromatic carbocycles. The minimum Gasteiger partial charge on any atom is -0.508 e. The molecule has 2 N–H and O–H groups in total. The Balaban J connectivity index is 0.777. The van der Waals surface area contributed by atoms with Gasteiger partial charge in [-0.3, -0.25) is 34.3 Å². The van der Waals surface area contributed by atoms with Crippen LogP contribution in [0, 0.1) is 5.92 Å². The van der Waals surface area contributed by atoms with Gasteiger partial charge in [0.2, 0.25) is 11.8 Å². The minimum absolute atomic E-state index is 0.0790. The summed E-state index contributed by atoms with van der Waals surface area (Å²) in [5.74, 6) is 1.36. The van der Waals surface area contributed by atoms with Crippen molar-refractivity contribution in [3.05, 3.63) is 101 Å². The molecule has 0 spiro atoms. The average molecular weight is 825 g/mol. The number of likely N-dealkylation sites (tertiary alicyclic amines) is 1. The summed E-state index contributed by atoms with van der Waals surface area (Å²) in [6, 6.07) is 24.9. The van der Waals surface area contributed by atoms with Crippen LogP contribution < -0.4 is 19.5 Å². The van der Waals surface area contributed by atoms with E-state index in [2.05, 4.69) is 26.1 Å². The predicted molar refractivity (Wildman–Crippen MR) is 211 cm³/mol. The zero-order valence-corrected chi connectivity index (χ0v) is 32.2. The molecule has 0 bridgehead atoms. The normalized spacial score (nSPS) is 17.8. The number of carbonyl (C=O) groups is 4. The first-order chi connectivity index (χ1) is 26.7. The maximum atomic E-state index is 13.1. The first-order valence-electron chi connectivity index (χ1n) is 18.3. The molecule has 4 heterocycles. The van der Waals surface area contributed by atoms with E-state index in [9.17, 15) is 24.3 Å². The Bertz CT molecular complexity index is 2270. The Morgan fingerprint density at radius 1 is 0.782 bits per heavy atom. The number of thiophene rings is 1. The highest BCUT2D eigenvalue weighted by Crippen LogP contribution is 2.47. The van der Waals surface area contributed by atoms with Crippen molar-refractivity contribution in [3.63, 3.8) is 0 Å². The molecular formula is C42H38BrN3O8S. The number of ether oxygens (including phenoxy) is 3. The van der Waals surface area contributed by atoms with Crippen LogP contribution in [0.15, 0.2) is 89.4 Å². The van der Waals surface area contributed by atoms with Gasteiger partial charge in [-0.25, -0.2) is 0 Å². The lowest BCUT2D eigenvalue weighted by molar-refractivity contribution is -0.136. The number of nitrogens with zero attached hydrogens (tertiary/aromatic N) is 2. The van der Waals surface area contributed by atoms with Crippen molar-refractivity contribution in [1.82, 2.24) is 15.1 Å². The number of fused-ring (bicyclic) bond motifs is 2. The number of piperidine rings is 2. The topological polar surface area (TPSA) is 135 Å². The van der Waals surface area contributed by atoms with Crippen LogP contribution in [-0.4, -0.2) is 77.4 Å². The van der Waals surface area contributed by atoms with Crippen LogP contribution in [0.4, 0.5) is 0 Å². The van der Waals surface area contributed by atoms with E-state index in [4.69, 9.17) is 14.2 Å². The number of aromatic hydroxyl groups is 1. The lowest BCUT2D eigenvalue weighted by Gasteiger charge is -2.31. The maximum absolute atomic E-state index is 13.1. The largest absolute Gasteiger partial charge is 0.508 e. The van der Waals surface area contributed by atoms with Crippen molar-refractivity contribution in [2.45, 2.75) is 38.1 Å². The van der Waals surface area contributed by atoms with Crippen LogP contribution in [0.3, 0.4) is 0 Å². The van der Waals surface area contributed by atoms with E-state index in [0.29, 0.717) is 30.6 Å². The van der Waals surface area contributed by atoms with Crippen molar-refractivity contribution >= 4 is 61.0 Å². The molecule has 13 heteroatoms. The standard InChI is InChI=1S/C42H38BrN3O8S/c43-27-3-1-26(2-4-27)39-38(33-11-5-28(47)23-36(33)55-39)54-30-8-6-29(7-9-30)53-22-20-45-18-15-25(16-19-45)17-21-52-31-10-12-32-34(24-31)42(51)46(41(32)50)35-13-14-37(48)44-40(35)49/h1-12,23-25,35,47H,13-22H2,(H,44,48,49). The third-order valence-electron chi connectivity index (χ3n) is 10.4. The zero-order valence-electron chi connectivity index (χ0n) is 29.8. The number of carbonyl (C=O) groups excluding carboxylic acids is 4. The fraction of sp³-hybridized carbons (Fsp3) is 0.286. The maximum Gasteiger partial charge on any atom is 0.262 e. The second-order valence-corrected chi connectivity index (χ2v) is 15.9. The molecule has 8 rings (SSSR count). The van der Waals surface area contributed by atoms with Crippen molar-refractivity contribution in [2.75, 3.05) is 32.8 Å². The van der Waals surface area contributed by atoms with E-state index in [1.54, 1.807) is 41.7 Å². The van der Waals surface area contributed by atoms with Crippen molar-refractivity contribution in [2.24, 2.45) is 5.92 Å². The van der Waals surface area contributed by atoms with Gasteiger partial charge in [-0.2, -0.15) is 0 Å². The molecule has 0 saturated carbocycles. The van der Waals surface area contributed by atoms with Crippen LogP contribution in [0.1, 0.15) is 52.8 Å². The number of hydrogen-bond acceptors (Lipinski definition) is 10. The third-order valence-corrected chi connectivity index (χ3v) is 12.1. The summed E-state index contributed by atoms with van der Waals surface area (Å²) >= 11 is 5.09. The number of halogens is 1. The van der Waals surface area contributed by atoms with Gasteiger partial charge in [-0.15, -0.1) is 11.3 Å². The highest BCUT2D eigenvalue weighted by molar-refractivity contribution is 9.10. The van der Waals surface area contributed by atoms with E-state index in [1.165, 1.54) is 0 Å². The number of hydrogen-bond donors (Lipinski definition) is 2. The van der Waals surface area contributed by atoms with Gasteiger partial charge in [0, 0.05) is 27.5 Å². The molecule has 2 saturated heterocycles. The van der Waals surface area contributed by atoms with Gasteiger partial charge in [-0.05, 0) is 123 Å². The molecule has 4 amide bonds. The van der Waals surface area contributed by atoms with Gasteiger partial charge >= 0.3 is 0 Å². The monoisotopic (exact) mass is 823 g/mol. The second kappa shape index (κ2) is 15.9. The molecule has 5 aromatic rings. The number of nitrogens with one attached hydrogen (secondary N) is 1. The number of amides is 4. The van der Waals surface area contributed by atoms with E-state index in [1.807, 2.05) is 54.6 Å². The molecule has 0 radical (unpaired) electrons. The Labute approximate surface area is 329 Å². The van der Waals surface area contributed by atoms with Gasteiger partial charge in [0.25, 0.3) is 11.8 Å². The number of benzene rings is 4. The molecule has 282 valence electrons. The molecule has 1 atom stereocenters. The summed E-state index contributed by atoms with van der Waals surface area (Å²) in [7, 11) is 0. The van der Waals surface area contributed by atoms with Crippen LogP contribution >= 0.6 is 27.3 Å². The van der Waals surface area contributed by atoms with Crippen molar-refractivity contribution in [1.29, 1.82) is 0 Å². The van der Waals surface area contributed by atoms with E-state index in [0.717, 1.165) is 80.3 Å². The average Bonchev–Trinajstić information content (AvgIpc) is 3.65. The minimum atomic E-state index is -0.992. The first-order valence-corrected chi connectivity index (χ1v) is 19.9. The number of phenolic OH excluding ortho intramolecular Hbond substituents is 1. The number of imide groups is 2. The molecule has 2 fully saturated rings. The summed E-state index contributed by atoms with van der Waals surface area (Å²) in [6.07, 6.45) is 3.17. The molecule has 55 heavy (non-hydrogen) atoms. The number of phenols is 1. The highest BCUT2D eigenvalue weighted by Gasteiger charge is 2.44. The van der Waals surface area contributed by atoms with Crippen molar-refractivity contribution < 1.29 is 38.5 Å². The molecule has 11 nitrogen and oxygen atoms in total. The fourth-order valence-electron chi connectivity index (χ4n) is 7.35. The molecule has 1 aromatic heterocycles. The SMILES string of the molecule is O=C1CCC(N2C(=O)c3ccc(OCCC4CCN(CCOc5ccc(Oc6c(-c7ccc(Br)cc7)sc7cc(O)ccc67)cc5)CC4)cc3C2=O)C(=O)N1. The molecule has 0 aliphatic carbocycles. The summed E-state index contributed by atoms with van der Waals surface area (Å²) < 4.78 is 20.5. The van der Waals surface area contributed by atoms with Gasteiger partial charge < -0.3 is 19.3 Å². The van der Waals surface area contributed by atoms with Crippen LogP contribution in [0.25, 0.3) is 20.5 Å². The number of rotatable bonds is 12. The summed E-state index contributed by atoms with van der Waals surface area (Å²) in [4.78, 5) is 54.3. The summed E-state index contributed by atoms with van der Waals surface area (Å²) in [5, 5.41) is 13.2. The third kappa shape index (κ3) is 7.96. The lowest BCUT2D eigenvalue weighted by Crippen LogP contribution is -2.54. The zero-order chi connectivity index (χ0) is 38.1. The highest BCUT2D eigenvalue weighted by atomic mass is 79.9. The van der Waals surface area contributed by atoms with Crippen LogP contribution in [0.2, 0.25) is 0 Å². The predicted octanol–water partition coefficient (Wildman–Crippen LogP) is 7.79. The van der Waals surface area contributed by atoms with Crippen molar-refractivity contribution in [3.8, 4) is 39.2 Å². The summed E-state index contributed by atoms with van der Waals surface area (Å²) in [5.41, 5.74) is 1.49. The Hall–Kier alpha value is -5.24. The Kier molecular flexibility index (Phi) is 10.6. The Morgan fingerprint density at radius 3 is 2.25 bits per heavy atom. The molecule has 1 unspecified atom stereocenters. The summed E-state index contributed by atoms with van der Waals surface area (Å²) in [6.45, 7) is 3.83. The fourth-order valence-corrected chi connectivity index (χ4v) is 8.78. The van der Waals surface area contributed by atoms with Crippen LogP contribution in [-0.2, 0) is 9.59 Å². The molecule has 3 aliphatic rings. The van der Waals surface area contributed by atoms with E-state index in [-0.39, 0.29) is 29.7 Å². The lowest BCUT2D eigenvalue weighted by atomic mass is 9.94. The van der Waals surface area contributed by atoms with Crippen LogP contribution in [0.5, 0.6) is 28.7 Å². The van der Waals surface area contributed by atoms with Gasteiger partial charge in [-0.1, -0.05) is 28.1 Å². The molecule has 3 aliphatic heterocycles. The smallest absolute Gasteiger partial charge is 0.262 e. The van der Waals surface area contributed by atoms with E-state index >= 15 is 0 Å². The molecular weight excluding hydrogens is 786 g/mol. The van der Waals surface area contributed by atoms with Gasteiger partial charge in [0.05, 0.1) is 22.6 Å². The second-order valence-electron chi connectivity index (χ2n) is 13.9. The quantitative estimate of drug-likeness (QED) is 0.121.